The Balaban J connectivity index is 1.51. The number of carbonyl (C=O) groups excluding carboxylic acids is 4. The van der Waals surface area contributed by atoms with Gasteiger partial charge in [-0.2, -0.15) is 0 Å². The number of ether oxygens (including phenoxy) is 9. The van der Waals surface area contributed by atoms with Gasteiger partial charge in [0.1, 0.15) is 0 Å². The molecule has 11 atom stereocenters. The number of aliphatic hydroxyl groups is 1. The quantitative estimate of drug-likeness (QED) is 0.205. The van der Waals surface area contributed by atoms with Crippen LogP contribution in [-0.4, -0.2) is 117 Å². The number of hydrogen-bond donors (Lipinski definition) is 1. The molecule has 0 amide bonds. The summed E-state index contributed by atoms with van der Waals surface area (Å²) in [7, 11) is 0. The van der Waals surface area contributed by atoms with Crippen LogP contribution in [0.4, 0.5) is 0 Å². The van der Waals surface area contributed by atoms with Gasteiger partial charge in [-0.3, -0.25) is 0 Å². The van der Waals surface area contributed by atoms with E-state index in [1.807, 2.05) is 60.7 Å². The zero-order chi connectivity index (χ0) is 34.4. The van der Waals surface area contributed by atoms with Gasteiger partial charge < -0.3 is 0 Å². The molecule has 15 heteroatoms. The van der Waals surface area contributed by atoms with E-state index in [2.05, 4.69) is 0 Å². The van der Waals surface area contributed by atoms with E-state index in [0.29, 0.717) is 0 Å². The first-order valence-electron chi connectivity index (χ1n) is 15.3. The van der Waals surface area contributed by atoms with E-state index in [9.17, 15) is 24.3 Å². The van der Waals surface area contributed by atoms with Crippen LogP contribution in [0, 0.1) is 0 Å². The average molecular weight is 738 g/mol. The molecule has 3 aliphatic heterocycles. The van der Waals surface area contributed by atoms with E-state index < -0.39 is 112 Å². The van der Waals surface area contributed by atoms with Gasteiger partial charge in [-0.05, 0) is 0 Å². The summed E-state index contributed by atoms with van der Waals surface area (Å²) >= 11 is -0.398. The number of fused-ring (bicyclic) bond motifs is 1. The number of aliphatic hydroxyl groups excluding tert-OH is 1. The van der Waals surface area contributed by atoms with Crippen molar-refractivity contribution in [3.63, 3.8) is 0 Å². The van der Waals surface area contributed by atoms with Crippen molar-refractivity contribution in [3.8, 4) is 0 Å². The summed E-state index contributed by atoms with van der Waals surface area (Å²) in [5.74, 6) is -2.97. The third-order valence-electron chi connectivity index (χ3n) is 7.61. The van der Waals surface area contributed by atoms with Crippen LogP contribution in [0.3, 0.4) is 0 Å². The predicted octanol–water partition coefficient (Wildman–Crippen LogP) is 0.684. The molecule has 3 aliphatic rings. The Kier molecular flexibility index (Phi) is 12.2. The molecule has 14 nitrogen and oxygen atoms in total. The summed E-state index contributed by atoms with van der Waals surface area (Å²) in [6.45, 7) is 4.26. The normalized spacial score (nSPS) is 33.1. The Labute approximate surface area is 283 Å². The van der Waals surface area contributed by atoms with Crippen LogP contribution in [0.2, 0.25) is 0 Å². The fourth-order valence-corrected chi connectivity index (χ4v) is 7.94. The van der Waals surface area contributed by atoms with Crippen molar-refractivity contribution in [3.05, 3.63) is 66.2 Å². The Morgan fingerprint density at radius 2 is 1.35 bits per heavy atom. The van der Waals surface area contributed by atoms with Crippen molar-refractivity contribution >= 4 is 43.3 Å². The molecular weight excluding hydrogens is 699 g/mol. The molecule has 0 spiro atoms. The second-order valence-electron chi connectivity index (χ2n) is 11.3. The molecule has 3 fully saturated rings. The maximum atomic E-state index is 12.4. The summed E-state index contributed by atoms with van der Waals surface area (Å²) in [5.41, 5.74) is 0.729. The molecule has 3 saturated heterocycles. The summed E-state index contributed by atoms with van der Waals surface area (Å²) in [5, 5.41) is 11.1. The predicted molar refractivity (Wildman–Crippen MR) is 163 cm³/mol. The van der Waals surface area contributed by atoms with Gasteiger partial charge in [0, 0.05) is 0 Å². The van der Waals surface area contributed by atoms with Crippen LogP contribution in [0.5, 0.6) is 0 Å². The van der Waals surface area contributed by atoms with Gasteiger partial charge in [0.15, 0.2) is 0 Å². The minimum atomic E-state index is -1.53. The van der Waals surface area contributed by atoms with Gasteiger partial charge in [0.2, 0.25) is 0 Å². The number of esters is 4. The van der Waals surface area contributed by atoms with Gasteiger partial charge in [0.05, 0.1) is 0 Å². The van der Waals surface area contributed by atoms with Crippen molar-refractivity contribution in [2.45, 2.75) is 94.1 Å². The number of carbonyl (C=O) groups is 4. The molecule has 5 rings (SSSR count). The van der Waals surface area contributed by atoms with Crippen molar-refractivity contribution in [2.75, 3.05) is 13.2 Å². The first kappa shape index (κ1) is 35.9. The molecule has 1 N–H and O–H groups in total. The fraction of sp³-hybridized carbons (Fsp3) is 0.515. The average Bonchev–Trinajstić information content (AvgIpc) is 3.04. The zero-order valence-electron chi connectivity index (χ0n) is 26.7. The molecule has 0 aromatic heterocycles. The molecule has 2 aromatic rings. The Morgan fingerprint density at radius 3 is 1.98 bits per heavy atom. The van der Waals surface area contributed by atoms with Crippen molar-refractivity contribution in [1.29, 1.82) is 0 Å². The molecule has 0 aliphatic carbocycles. The van der Waals surface area contributed by atoms with E-state index in [4.69, 9.17) is 42.6 Å². The number of hydrogen-bond acceptors (Lipinski definition) is 14. The standard InChI is InChI=1S/C33H38O14Se/c1-17(34)39-15-23-27(41-18(2)35)29(42-19(3)36)30(43-20(4)37)32(44-23)47-28-25(38)33(48-22-13-9-6-10-14-22)45-24-16-40-31(46-26(24)28)21-11-7-5-8-12-21/h5-14,23-33,38H,15-16H2,1-4H3/t23-,24-,25-,26-,27-,28-,29+,30-,31-,32+,33+/m1/s1. The first-order chi connectivity index (χ1) is 23.0. The fourth-order valence-electron chi connectivity index (χ4n) is 5.68. The molecule has 0 radical (unpaired) electrons. The molecule has 260 valence electrons. The third kappa shape index (κ3) is 8.98. The maximum absolute atomic E-state index is 12.4. The van der Waals surface area contributed by atoms with Crippen LogP contribution >= 0.6 is 0 Å². The first-order valence-corrected chi connectivity index (χ1v) is 17.2. The van der Waals surface area contributed by atoms with E-state index in [1.54, 1.807) is 0 Å². The molecule has 3 heterocycles. The molecule has 0 saturated carbocycles. The second kappa shape index (κ2) is 16.3. The van der Waals surface area contributed by atoms with Crippen molar-refractivity contribution < 1.29 is 66.9 Å². The minimum absolute atomic E-state index is 0.108. The van der Waals surface area contributed by atoms with Crippen LogP contribution in [0.25, 0.3) is 0 Å². The summed E-state index contributed by atoms with van der Waals surface area (Å²) in [4.78, 5) is 48.6. The van der Waals surface area contributed by atoms with E-state index >= 15 is 0 Å². The third-order valence-corrected chi connectivity index (χ3v) is 10.1. The van der Waals surface area contributed by atoms with E-state index in [0.717, 1.165) is 30.8 Å². The summed E-state index contributed by atoms with van der Waals surface area (Å²) < 4.78 is 54.2. The SMILES string of the molecule is CC(=O)OC[C@H]1O[C@@H](O[C@@H]2[C@@H](O)[C@H]([Se]c3ccccc3)O[C@@H]3CO[C@@H](c4ccccc4)O[C@@H]23)[C@H](OC(C)=O)[C@@H](OC(C)=O)[C@@H]1OC(C)=O. The Hall–Kier alpha value is -3.40. The van der Waals surface area contributed by atoms with Crippen molar-refractivity contribution in [1.82, 2.24) is 0 Å². The van der Waals surface area contributed by atoms with Crippen LogP contribution < -0.4 is 4.46 Å². The van der Waals surface area contributed by atoms with Gasteiger partial charge in [0.25, 0.3) is 0 Å². The van der Waals surface area contributed by atoms with Crippen LogP contribution in [0.1, 0.15) is 39.5 Å². The molecule has 2 aromatic carbocycles. The van der Waals surface area contributed by atoms with Gasteiger partial charge in [-0.15, -0.1) is 0 Å². The van der Waals surface area contributed by atoms with Crippen LogP contribution in [-0.2, 0) is 61.8 Å². The molecule has 48 heavy (non-hydrogen) atoms. The number of benzene rings is 2. The topological polar surface area (TPSA) is 172 Å². The Bertz CT molecular complexity index is 1410. The van der Waals surface area contributed by atoms with E-state index in [-0.39, 0.29) is 6.61 Å². The molecular formula is C33H38O14Se. The molecule has 0 bridgehead atoms. The number of rotatable bonds is 10. The molecule has 0 unspecified atom stereocenters. The van der Waals surface area contributed by atoms with Gasteiger partial charge in [-0.1, -0.05) is 0 Å². The zero-order valence-corrected chi connectivity index (χ0v) is 28.4. The van der Waals surface area contributed by atoms with Crippen molar-refractivity contribution in [2.24, 2.45) is 0 Å². The Morgan fingerprint density at radius 1 is 0.750 bits per heavy atom. The monoisotopic (exact) mass is 738 g/mol. The van der Waals surface area contributed by atoms with Gasteiger partial charge >= 0.3 is 284 Å². The second-order valence-corrected chi connectivity index (χ2v) is 13.8. The van der Waals surface area contributed by atoms with Crippen LogP contribution in [0.15, 0.2) is 60.7 Å². The van der Waals surface area contributed by atoms with E-state index in [1.165, 1.54) is 6.92 Å². The summed E-state index contributed by atoms with van der Waals surface area (Å²) in [6, 6.07) is 18.7. The van der Waals surface area contributed by atoms with Gasteiger partial charge in [-0.25, -0.2) is 0 Å². The summed E-state index contributed by atoms with van der Waals surface area (Å²) in [6.07, 6.45) is -11.9.